The lowest BCUT2D eigenvalue weighted by Crippen LogP contribution is -2.25. The first kappa shape index (κ1) is 22.4. The minimum Gasteiger partial charge on any atom is -0.324 e. The first-order valence-corrected chi connectivity index (χ1v) is 11.6. The van der Waals surface area contributed by atoms with Gasteiger partial charge in [0.1, 0.15) is 0 Å². The molecule has 32 heavy (non-hydrogen) atoms. The van der Waals surface area contributed by atoms with E-state index in [1.165, 1.54) is 11.8 Å². The Balaban J connectivity index is 1.62. The number of anilines is 1. The van der Waals surface area contributed by atoms with Crippen LogP contribution in [0.3, 0.4) is 0 Å². The molecule has 0 saturated heterocycles. The molecule has 1 aromatic heterocycles. The Hall–Kier alpha value is -2.80. The Labute approximate surface area is 199 Å². The van der Waals surface area contributed by atoms with Crippen LogP contribution in [0.4, 0.5) is 5.69 Å². The molecule has 8 heteroatoms. The van der Waals surface area contributed by atoms with Gasteiger partial charge in [0.2, 0.25) is 5.91 Å². The predicted octanol–water partition coefficient (Wildman–Crippen LogP) is 5.79. The normalized spacial score (nSPS) is 11.0. The van der Waals surface area contributed by atoms with Crippen molar-refractivity contribution in [3.8, 4) is 0 Å². The lowest BCUT2D eigenvalue weighted by atomic mass is 10.2. The molecule has 0 radical (unpaired) electrons. The number of halogens is 2. The van der Waals surface area contributed by atoms with Gasteiger partial charge in [-0.15, -0.1) is 0 Å². The maximum absolute atomic E-state index is 13.2. The van der Waals surface area contributed by atoms with Crippen molar-refractivity contribution in [1.82, 2.24) is 9.55 Å². The molecule has 0 aliphatic rings. The number of fused-ring (bicyclic) bond motifs is 1. The van der Waals surface area contributed by atoms with Crippen LogP contribution >= 0.6 is 35.0 Å². The zero-order valence-electron chi connectivity index (χ0n) is 17.1. The largest absolute Gasteiger partial charge is 0.324 e. The van der Waals surface area contributed by atoms with Gasteiger partial charge >= 0.3 is 0 Å². The van der Waals surface area contributed by atoms with Gasteiger partial charge in [0.25, 0.3) is 5.56 Å². The number of benzene rings is 3. The van der Waals surface area contributed by atoms with Crippen LogP contribution in [0.2, 0.25) is 10.0 Å². The van der Waals surface area contributed by atoms with E-state index in [2.05, 4.69) is 10.3 Å². The molecule has 0 aliphatic heterocycles. The average Bonchev–Trinajstić information content (AvgIpc) is 2.78. The summed E-state index contributed by atoms with van der Waals surface area (Å²) < 4.78 is 1.59. The van der Waals surface area contributed by atoms with Crippen molar-refractivity contribution in [2.45, 2.75) is 18.6 Å². The standard InChI is InChI=1S/C24H19Cl2N3O2S/c1-15-5-4-7-19(26)22(15)28-21(30)14-32-24-27-20-8-3-2-6-18(20)23(31)29(24)13-16-9-11-17(25)12-10-16/h2-12H,13-14H2,1H3,(H,28,30). The molecule has 0 bridgehead atoms. The number of nitrogens with zero attached hydrogens (tertiary/aromatic N) is 2. The van der Waals surface area contributed by atoms with Gasteiger partial charge in [-0.2, -0.15) is 0 Å². The highest BCUT2D eigenvalue weighted by Crippen LogP contribution is 2.26. The molecular weight excluding hydrogens is 465 g/mol. The summed E-state index contributed by atoms with van der Waals surface area (Å²) in [7, 11) is 0. The lowest BCUT2D eigenvalue weighted by Gasteiger charge is -2.14. The predicted molar refractivity (Wildman–Crippen MR) is 132 cm³/mol. The molecule has 0 atom stereocenters. The van der Waals surface area contributed by atoms with E-state index in [4.69, 9.17) is 23.2 Å². The molecule has 0 saturated carbocycles. The SMILES string of the molecule is Cc1cccc(Cl)c1NC(=O)CSc1nc2ccccc2c(=O)n1Cc1ccc(Cl)cc1. The van der Waals surface area contributed by atoms with Crippen molar-refractivity contribution in [2.24, 2.45) is 0 Å². The number of carbonyl (C=O) groups is 1. The molecule has 1 N–H and O–H groups in total. The summed E-state index contributed by atoms with van der Waals surface area (Å²) >= 11 is 13.4. The molecule has 4 rings (SSSR count). The number of nitrogens with one attached hydrogen (secondary N) is 1. The number of para-hydroxylation sites is 2. The fraction of sp³-hybridized carbons (Fsp3) is 0.125. The zero-order chi connectivity index (χ0) is 22.7. The van der Waals surface area contributed by atoms with Gasteiger partial charge in [-0.3, -0.25) is 14.2 Å². The third-order valence-electron chi connectivity index (χ3n) is 4.90. The van der Waals surface area contributed by atoms with E-state index in [0.717, 1.165) is 11.1 Å². The smallest absolute Gasteiger partial charge is 0.262 e. The van der Waals surface area contributed by atoms with Crippen LogP contribution in [-0.4, -0.2) is 21.2 Å². The fourth-order valence-corrected chi connectivity index (χ4v) is 4.46. The van der Waals surface area contributed by atoms with E-state index >= 15 is 0 Å². The van der Waals surface area contributed by atoms with Crippen LogP contribution in [0.15, 0.2) is 76.7 Å². The second-order valence-corrected chi connectivity index (χ2v) is 8.98. The molecule has 5 nitrogen and oxygen atoms in total. The molecule has 4 aromatic rings. The van der Waals surface area contributed by atoms with Crippen molar-refractivity contribution in [2.75, 3.05) is 11.1 Å². The van der Waals surface area contributed by atoms with Crippen LogP contribution in [0.1, 0.15) is 11.1 Å². The van der Waals surface area contributed by atoms with Crippen LogP contribution < -0.4 is 10.9 Å². The Kier molecular flexibility index (Phi) is 6.84. The number of carbonyl (C=O) groups excluding carboxylic acids is 1. The highest BCUT2D eigenvalue weighted by Gasteiger charge is 2.15. The van der Waals surface area contributed by atoms with Crippen molar-refractivity contribution in [3.63, 3.8) is 0 Å². The van der Waals surface area contributed by atoms with Crippen molar-refractivity contribution >= 4 is 57.5 Å². The molecule has 1 heterocycles. The average molecular weight is 484 g/mol. The Morgan fingerprint density at radius 1 is 1.03 bits per heavy atom. The minimum atomic E-state index is -0.230. The first-order valence-electron chi connectivity index (χ1n) is 9.84. The van der Waals surface area contributed by atoms with Crippen molar-refractivity contribution < 1.29 is 4.79 Å². The van der Waals surface area contributed by atoms with Gasteiger partial charge in [0.05, 0.1) is 33.9 Å². The maximum atomic E-state index is 13.2. The van der Waals surface area contributed by atoms with E-state index < -0.39 is 0 Å². The summed E-state index contributed by atoms with van der Waals surface area (Å²) in [6, 6.07) is 19.9. The van der Waals surface area contributed by atoms with Gasteiger partial charge < -0.3 is 5.32 Å². The summed E-state index contributed by atoms with van der Waals surface area (Å²) in [6.07, 6.45) is 0. The summed E-state index contributed by atoms with van der Waals surface area (Å²) in [5.74, 6) is -0.151. The number of aryl methyl sites for hydroxylation is 1. The molecule has 3 aromatic carbocycles. The number of thioether (sulfide) groups is 1. The number of aromatic nitrogens is 2. The van der Waals surface area contributed by atoms with Gasteiger partial charge in [-0.25, -0.2) is 4.98 Å². The van der Waals surface area contributed by atoms with Gasteiger partial charge in [0.15, 0.2) is 5.16 Å². The van der Waals surface area contributed by atoms with Gasteiger partial charge in [-0.1, -0.05) is 71.4 Å². The van der Waals surface area contributed by atoms with Crippen LogP contribution in [0.5, 0.6) is 0 Å². The quantitative estimate of drug-likeness (QED) is 0.278. The Morgan fingerprint density at radius 3 is 2.53 bits per heavy atom. The van der Waals surface area contributed by atoms with Gasteiger partial charge in [-0.05, 0) is 48.4 Å². The Bertz CT molecular complexity index is 1330. The number of hydrogen-bond donors (Lipinski definition) is 1. The summed E-state index contributed by atoms with van der Waals surface area (Å²) in [4.78, 5) is 30.5. The van der Waals surface area contributed by atoms with Crippen molar-refractivity contribution in [3.05, 3.63) is 98.3 Å². The number of hydrogen-bond acceptors (Lipinski definition) is 4. The highest BCUT2D eigenvalue weighted by atomic mass is 35.5. The molecule has 0 spiro atoms. The minimum absolute atomic E-state index is 0.0794. The Morgan fingerprint density at radius 2 is 1.78 bits per heavy atom. The van der Waals surface area contributed by atoms with Crippen molar-refractivity contribution in [1.29, 1.82) is 0 Å². The van der Waals surface area contributed by atoms with Crippen LogP contribution in [0, 0.1) is 6.92 Å². The van der Waals surface area contributed by atoms with E-state index in [1.54, 1.807) is 34.9 Å². The number of rotatable bonds is 6. The second-order valence-electron chi connectivity index (χ2n) is 7.20. The molecule has 0 unspecified atom stereocenters. The van der Waals surface area contributed by atoms with Gasteiger partial charge in [0, 0.05) is 5.02 Å². The summed E-state index contributed by atoms with van der Waals surface area (Å²) in [5.41, 5.74) is 2.81. The molecular formula is C24H19Cl2N3O2S. The lowest BCUT2D eigenvalue weighted by molar-refractivity contribution is -0.113. The molecule has 0 aliphatic carbocycles. The van der Waals surface area contributed by atoms with E-state index in [0.29, 0.717) is 38.3 Å². The third kappa shape index (κ3) is 4.99. The summed E-state index contributed by atoms with van der Waals surface area (Å²) in [6.45, 7) is 2.20. The van der Waals surface area contributed by atoms with Crippen LogP contribution in [-0.2, 0) is 11.3 Å². The summed E-state index contributed by atoms with van der Waals surface area (Å²) in [5, 5.41) is 4.95. The van der Waals surface area contributed by atoms with Crippen LogP contribution in [0.25, 0.3) is 10.9 Å². The van der Waals surface area contributed by atoms with E-state index in [-0.39, 0.29) is 17.2 Å². The monoisotopic (exact) mass is 483 g/mol. The third-order valence-corrected chi connectivity index (χ3v) is 6.44. The fourth-order valence-electron chi connectivity index (χ4n) is 3.27. The second kappa shape index (κ2) is 9.77. The maximum Gasteiger partial charge on any atom is 0.262 e. The first-order chi connectivity index (χ1) is 15.4. The number of amides is 1. The molecule has 0 fully saturated rings. The molecule has 1 amide bonds. The highest BCUT2D eigenvalue weighted by molar-refractivity contribution is 7.99. The zero-order valence-corrected chi connectivity index (χ0v) is 19.5. The topological polar surface area (TPSA) is 64.0 Å². The van der Waals surface area contributed by atoms with E-state index in [1.807, 2.05) is 43.3 Å². The molecule has 162 valence electrons. The van der Waals surface area contributed by atoms with E-state index in [9.17, 15) is 9.59 Å².